The van der Waals surface area contributed by atoms with Gasteiger partial charge >= 0.3 is 5.97 Å². The van der Waals surface area contributed by atoms with Crippen LogP contribution in [0.2, 0.25) is 0 Å². The fourth-order valence-corrected chi connectivity index (χ4v) is 5.71. The standard InChI is InChI=1S/C35H34N2O6/c1-20-10-12-27(21(2)16-20)32(24-8-6-5-7-9-24)36-19-28(38)25-11-13-29-26(17-25)18-30(41-29)33(31-22(3)37-43-23(31)4)42-35(14-15-35)34(39)40/h5-13,16-18,32-33,36H,14-15,19H2,1-4H3,(H,39,40)/t32-,33-/m0/s1. The van der Waals surface area contributed by atoms with Crippen molar-refractivity contribution in [3.8, 4) is 0 Å². The maximum atomic E-state index is 13.5. The molecular weight excluding hydrogens is 544 g/mol. The first-order chi connectivity index (χ1) is 20.6. The summed E-state index contributed by atoms with van der Waals surface area (Å²) in [6.07, 6.45) is 0.0165. The van der Waals surface area contributed by atoms with E-state index < -0.39 is 17.7 Å². The van der Waals surface area contributed by atoms with E-state index in [1.807, 2.05) is 18.2 Å². The smallest absolute Gasteiger partial charge is 0.336 e. The number of fused-ring (bicyclic) bond motifs is 1. The number of furan rings is 1. The molecule has 1 fully saturated rings. The van der Waals surface area contributed by atoms with Crippen molar-refractivity contribution < 1.29 is 28.4 Å². The Morgan fingerprint density at radius 1 is 1.00 bits per heavy atom. The van der Waals surface area contributed by atoms with Crippen LogP contribution in [0.25, 0.3) is 11.0 Å². The van der Waals surface area contributed by atoms with E-state index >= 15 is 0 Å². The summed E-state index contributed by atoms with van der Waals surface area (Å²) in [4.78, 5) is 25.4. The number of nitrogens with zero attached hydrogens (tertiary/aromatic N) is 1. The highest BCUT2D eigenvalue weighted by Gasteiger charge is 2.54. The SMILES string of the molecule is Cc1ccc([C@@H](NCC(=O)c2ccc3oc([C@H](OC4(C(=O)O)CC4)c4c(C)noc4C)cc3c2)c2ccccc2)c(C)c1. The largest absolute Gasteiger partial charge is 0.479 e. The molecule has 1 saturated carbocycles. The van der Waals surface area contributed by atoms with Crippen LogP contribution in [0.15, 0.2) is 81.7 Å². The van der Waals surface area contributed by atoms with E-state index in [0.29, 0.717) is 46.8 Å². The Hall–Kier alpha value is -4.53. The van der Waals surface area contributed by atoms with Crippen LogP contribution in [-0.2, 0) is 9.53 Å². The van der Waals surface area contributed by atoms with E-state index in [-0.39, 0.29) is 18.4 Å². The minimum Gasteiger partial charge on any atom is -0.479 e. The number of Topliss-reactive ketones (excluding diaryl/α,β-unsaturated/α-hetero) is 1. The first-order valence-corrected chi connectivity index (χ1v) is 14.4. The predicted molar refractivity (Wildman–Crippen MR) is 161 cm³/mol. The summed E-state index contributed by atoms with van der Waals surface area (Å²) in [5.41, 5.74) is 5.64. The zero-order chi connectivity index (χ0) is 30.3. The number of ether oxygens (including phenoxy) is 1. The van der Waals surface area contributed by atoms with Crippen LogP contribution in [0.4, 0.5) is 0 Å². The van der Waals surface area contributed by atoms with Crippen molar-refractivity contribution in [1.29, 1.82) is 0 Å². The van der Waals surface area contributed by atoms with Crippen LogP contribution in [0, 0.1) is 27.7 Å². The molecule has 6 rings (SSSR count). The third kappa shape index (κ3) is 5.63. The summed E-state index contributed by atoms with van der Waals surface area (Å²) < 4.78 is 17.8. The molecule has 0 saturated heterocycles. The molecule has 0 unspecified atom stereocenters. The second kappa shape index (κ2) is 11.3. The van der Waals surface area contributed by atoms with Gasteiger partial charge in [0.15, 0.2) is 11.4 Å². The Bertz CT molecular complexity index is 1800. The zero-order valence-corrected chi connectivity index (χ0v) is 24.6. The topological polar surface area (TPSA) is 115 Å². The van der Waals surface area contributed by atoms with Gasteiger partial charge in [-0.25, -0.2) is 4.79 Å². The molecule has 1 aliphatic carbocycles. The number of hydrogen-bond donors (Lipinski definition) is 2. The monoisotopic (exact) mass is 578 g/mol. The van der Waals surface area contributed by atoms with Gasteiger partial charge in [0.1, 0.15) is 23.2 Å². The maximum absolute atomic E-state index is 13.5. The molecule has 0 aliphatic heterocycles. The number of aromatic nitrogens is 1. The Kier molecular flexibility index (Phi) is 7.50. The molecule has 2 N–H and O–H groups in total. The summed E-state index contributed by atoms with van der Waals surface area (Å²) in [5, 5.41) is 18.0. The summed E-state index contributed by atoms with van der Waals surface area (Å²) in [6.45, 7) is 7.85. The molecule has 220 valence electrons. The lowest BCUT2D eigenvalue weighted by molar-refractivity contribution is -0.157. The fourth-order valence-electron chi connectivity index (χ4n) is 5.71. The number of nitrogens with one attached hydrogen (secondary N) is 1. The van der Waals surface area contributed by atoms with Gasteiger partial charge in [-0.15, -0.1) is 0 Å². The molecule has 43 heavy (non-hydrogen) atoms. The number of carboxylic acids is 1. The summed E-state index contributed by atoms with van der Waals surface area (Å²) in [5.74, 6) is -0.103. The van der Waals surface area contributed by atoms with Crippen LogP contribution in [-0.4, -0.2) is 34.2 Å². The molecule has 8 nitrogen and oxygen atoms in total. The predicted octanol–water partition coefficient (Wildman–Crippen LogP) is 6.94. The van der Waals surface area contributed by atoms with E-state index in [1.54, 1.807) is 38.1 Å². The Morgan fingerprint density at radius 2 is 1.77 bits per heavy atom. The number of carboxylic acid groups (broad SMARTS) is 1. The van der Waals surface area contributed by atoms with Crippen LogP contribution in [0.3, 0.4) is 0 Å². The second-order valence-electron chi connectivity index (χ2n) is 11.4. The van der Waals surface area contributed by atoms with E-state index in [2.05, 4.69) is 54.7 Å². The van der Waals surface area contributed by atoms with Crippen molar-refractivity contribution in [2.75, 3.05) is 6.54 Å². The molecule has 0 radical (unpaired) electrons. The first kappa shape index (κ1) is 28.6. The van der Waals surface area contributed by atoms with Crippen molar-refractivity contribution >= 4 is 22.7 Å². The van der Waals surface area contributed by atoms with Gasteiger partial charge in [0.05, 0.1) is 23.8 Å². The third-order valence-corrected chi connectivity index (χ3v) is 8.24. The van der Waals surface area contributed by atoms with Crippen molar-refractivity contribution in [3.63, 3.8) is 0 Å². The average molecular weight is 579 g/mol. The highest BCUT2D eigenvalue weighted by molar-refractivity contribution is 6.00. The van der Waals surface area contributed by atoms with E-state index in [0.717, 1.165) is 22.1 Å². The Morgan fingerprint density at radius 3 is 2.42 bits per heavy atom. The molecule has 8 heteroatoms. The van der Waals surface area contributed by atoms with Crippen molar-refractivity contribution in [2.45, 2.75) is 58.3 Å². The molecule has 1 aliphatic rings. The van der Waals surface area contributed by atoms with Crippen molar-refractivity contribution in [1.82, 2.24) is 10.5 Å². The highest BCUT2D eigenvalue weighted by Crippen LogP contribution is 2.47. The molecule has 5 aromatic rings. The average Bonchev–Trinajstić information content (AvgIpc) is 3.54. The lowest BCUT2D eigenvalue weighted by Crippen LogP contribution is -2.29. The number of ketones is 1. The van der Waals surface area contributed by atoms with Gasteiger partial charge in [0.2, 0.25) is 0 Å². The molecule has 2 heterocycles. The fraction of sp³-hybridized carbons (Fsp3) is 0.286. The summed E-state index contributed by atoms with van der Waals surface area (Å²) >= 11 is 0. The van der Waals surface area contributed by atoms with Gasteiger partial charge in [0.25, 0.3) is 0 Å². The molecule has 2 aromatic heterocycles. The lowest BCUT2D eigenvalue weighted by Gasteiger charge is -2.22. The van der Waals surface area contributed by atoms with Gasteiger partial charge in [-0.1, -0.05) is 59.3 Å². The maximum Gasteiger partial charge on any atom is 0.336 e. The number of aliphatic carboxylic acids is 1. The minimum absolute atomic E-state index is 0.0586. The molecule has 3 aromatic carbocycles. The number of benzene rings is 3. The summed E-state index contributed by atoms with van der Waals surface area (Å²) in [7, 11) is 0. The van der Waals surface area contributed by atoms with Gasteiger partial charge in [0, 0.05) is 10.9 Å². The Balaban J connectivity index is 1.27. The third-order valence-electron chi connectivity index (χ3n) is 8.24. The van der Waals surface area contributed by atoms with E-state index in [1.165, 1.54) is 5.56 Å². The molecular formula is C35H34N2O6. The number of carbonyl (C=O) groups is 2. The quantitative estimate of drug-likeness (QED) is 0.162. The van der Waals surface area contributed by atoms with Gasteiger partial charge in [-0.05, 0) is 81.5 Å². The Labute approximate surface area is 249 Å². The number of rotatable bonds is 11. The highest BCUT2D eigenvalue weighted by atomic mass is 16.6. The molecule has 0 spiro atoms. The van der Waals surface area contributed by atoms with Crippen molar-refractivity contribution in [2.24, 2.45) is 0 Å². The van der Waals surface area contributed by atoms with E-state index in [9.17, 15) is 14.7 Å². The lowest BCUT2D eigenvalue weighted by atomic mass is 9.93. The van der Waals surface area contributed by atoms with Crippen LogP contribution < -0.4 is 5.32 Å². The number of carbonyl (C=O) groups excluding carboxylic acids is 1. The van der Waals surface area contributed by atoms with Crippen LogP contribution in [0.5, 0.6) is 0 Å². The first-order valence-electron chi connectivity index (χ1n) is 14.4. The van der Waals surface area contributed by atoms with Gasteiger partial charge in [-0.3, -0.25) is 10.1 Å². The number of hydrogen-bond acceptors (Lipinski definition) is 7. The zero-order valence-electron chi connectivity index (χ0n) is 24.6. The molecule has 0 bridgehead atoms. The van der Waals surface area contributed by atoms with Crippen LogP contribution >= 0.6 is 0 Å². The van der Waals surface area contributed by atoms with E-state index in [4.69, 9.17) is 13.7 Å². The number of aryl methyl sites for hydroxylation is 4. The molecule has 2 atom stereocenters. The van der Waals surface area contributed by atoms with Gasteiger partial charge < -0.3 is 18.8 Å². The second-order valence-corrected chi connectivity index (χ2v) is 11.4. The van der Waals surface area contributed by atoms with Crippen molar-refractivity contribution in [3.05, 3.63) is 123 Å². The van der Waals surface area contributed by atoms with Crippen LogP contribution in [0.1, 0.15) is 80.4 Å². The molecule has 0 amide bonds. The minimum atomic E-state index is -1.27. The van der Waals surface area contributed by atoms with Gasteiger partial charge in [-0.2, -0.15) is 0 Å². The summed E-state index contributed by atoms with van der Waals surface area (Å²) in [6, 6.07) is 23.4. The normalized spacial score (nSPS) is 15.3.